The molecule has 1 heterocycles. The molecule has 1 aromatic carbocycles. The average molecular weight is 343 g/mol. The normalized spacial score (nSPS) is 11.5. The van der Waals surface area contributed by atoms with Crippen LogP contribution in [0.1, 0.15) is 12.0 Å². The molecule has 0 saturated heterocycles. The average Bonchev–Trinajstić information content (AvgIpc) is 2.99. The Morgan fingerprint density at radius 3 is 2.88 bits per heavy atom. The third-order valence-corrected chi connectivity index (χ3v) is 3.03. The van der Waals surface area contributed by atoms with E-state index in [9.17, 15) is 18.0 Å². The summed E-state index contributed by atoms with van der Waals surface area (Å²) in [6, 6.07) is 4.61. The molecule has 0 radical (unpaired) electrons. The zero-order chi connectivity index (χ0) is 17.6. The van der Waals surface area contributed by atoms with Crippen LogP contribution in [0.5, 0.6) is 0 Å². The van der Waals surface area contributed by atoms with E-state index in [1.54, 1.807) is 7.11 Å². The van der Waals surface area contributed by atoms with Gasteiger partial charge in [-0.2, -0.15) is 18.0 Å². The smallest absolute Gasteiger partial charge is 0.385 e. The summed E-state index contributed by atoms with van der Waals surface area (Å²) in [4.78, 5) is 12.7. The second-order valence-corrected chi connectivity index (χ2v) is 4.92. The SMILES string of the molecule is COCCCNC(=O)Cn1nnc(-c2cccc(C(F)(F)F)c2)n1. The Labute approximate surface area is 135 Å². The van der Waals surface area contributed by atoms with Crippen molar-refractivity contribution in [1.29, 1.82) is 0 Å². The van der Waals surface area contributed by atoms with Gasteiger partial charge in [-0.15, -0.1) is 10.2 Å². The minimum absolute atomic E-state index is 0.0216. The first kappa shape index (κ1) is 17.9. The van der Waals surface area contributed by atoms with Crippen LogP contribution in [0.3, 0.4) is 0 Å². The van der Waals surface area contributed by atoms with E-state index in [0.29, 0.717) is 19.6 Å². The van der Waals surface area contributed by atoms with Gasteiger partial charge in [-0.05, 0) is 23.8 Å². The summed E-state index contributed by atoms with van der Waals surface area (Å²) in [5.74, 6) is -0.299. The fourth-order valence-electron chi connectivity index (χ4n) is 1.89. The Morgan fingerprint density at radius 2 is 2.17 bits per heavy atom. The molecule has 2 aromatic rings. The fraction of sp³-hybridized carbons (Fsp3) is 0.429. The maximum Gasteiger partial charge on any atom is 0.416 e. The minimum atomic E-state index is -4.45. The first-order valence-corrected chi connectivity index (χ1v) is 7.11. The van der Waals surface area contributed by atoms with Crippen LogP contribution < -0.4 is 5.32 Å². The Hall–Kier alpha value is -2.49. The predicted molar refractivity (Wildman–Crippen MR) is 77.8 cm³/mol. The molecule has 0 unspecified atom stereocenters. The molecular weight excluding hydrogens is 327 g/mol. The van der Waals surface area contributed by atoms with Crippen molar-refractivity contribution in [2.45, 2.75) is 19.1 Å². The van der Waals surface area contributed by atoms with E-state index in [4.69, 9.17) is 4.74 Å². The lowest BCUT2D eigenvalue weighted by molar-refractivity contribution is -0.137. The van der Waals surface area contributed by atoms with Gasteiger partial charge in [0.1, 0.15) is 6.54 Å². The highest BCUT2D eigenvalue weighted by atomic mass is 19.4. The maximum absolute atomic E-state index is 12.7. The summed E-state index contributed by atoms with van der Waals surface area (Å²) in [6.45, 7) is 0.808. The lowest BCUT2D eigenvalue weighted by atomic mass is 10.1. The number of hydrogen-bond acceptors (Lipinski definition) is 5. The lowest BCUT2D eigenvalue weighted by Crippen LogP contribution is -2.29. The highest BCUT2D eigenvalue weighted by Gasteiger charge is 2.30. The number of nitrogens with zero attached hydrogens (tertiary/aromatic N) is 4. The molecule has 130 valence electrons. The first-order chi connectivity index (χ1) is 11.4. The van der Waals surface area contributed by atoms with Gasteiger partial charge in [0, 0.05) is 25.8 Å². The molecule has 24 heavy (non-hydrogen) atoms. The van der Waals surface area contributed by atoms with Crippen LogP contribution in [0, 0.1) is 0 Å². The van der Waals surface area contributed by atoms with Gasteiger partial charge >= 0.3 is 6.18 Å². The van der Waals surface area contributed by atoms with Crippen molar-refractivity contribution in [3.63, 3.8) is 0 Å². The van der Waals surface area contributed by atoms with Crippen molar-refractivity contribution in [2.24, 2.45) is 0 Å². The van der Waals surface area contributed by atoms with Crippen molar-refractivity contribution in [1.82, 2.24) is 25.5 Å². The van der Waals surface area contributed by atoms with Gasteiger partial charge in [0.2, 0.25) is 11.7 Å². The minimum Gasteiger partial charge on any atom is -0.385 e. The lowest BCUT2D eigenvalue weighted by Gasteiger charge is -2.06. The molecule has 0 aliphatic carbocycles. The molecule has 10 heteroatoms. The molecule has 1 N–H and O–H groups in total. The number of carbonyl (C=O) groups is 1. The van der Waals surface area contributed by atoms with E-state index in [1.165, 1.54) is 12.1 Å². The van der Waals surface area contributed by atoms with E-state index in [-0.39, 0.29) is 23.8 Å². The number of amides is 1. The van der Waals surface area contributed by atoms with Crippen molar-refractivity contribution < 1.29 is 22.7 Å². The zero-order valence-electron chi connectivity index (χ0n) is 12.9. The van der Waals surface area contributed by atoms with Crippen LogP contribution in [-0.2, 0) is 22.3 Å². The number of benzene rings is 1. The number of tetrazole rings is 1. The zero-order valence-corrected chi connectivity index (χ0v) is 12.9. The second kappa shape index (κ2) is 7.86. The molecule has 1 amide bonds. The van der Waals surface area contributed by atoms with Gasteiger partial charge in [0.25, 0.3) is 0 Å². The number of nitrogens with one attached hydrogen (secondary N) is 1. The number of halogens is 3. The molecule has 0 fully saturated rings. The maximum atomic E-state index is 12.7. The van der Waals surface area contributed by atoms with E-state index >= 15 is 0 Å². The number of carbonyl (C=O) groups excluding carboxylic acids is 1. The molecule has 0 spiro atoms. The van der Waals surface area contributed by atoms with Crippen LogP contribution in [-0.4, -0.2) is 46.4 Å². The van der Waals surface area contributed by atoms with Crippen LogP contribution in [0.4, 0.5) is 13.2 Å². The molecule has 0 saturated carbocycles. The van der Waals surface area contributed by atoms with Crippen molar-refractivity contribution >= 4 is 5.91 Å². The van der Waals surface area contributed by atoms with Crippen LogP contribution in [0.25, 0.3) is 11.4 Å². The van der Waals surface area contributed by atoms with Gasteiger partial charge < -0.3 is 10.1 Å². The van der Waals surface area contributed by atoms with E-state index in [2.05, 4.69) is 20.7 Å². The van der Waals surface area contributed by atoms with Crippen LogP contribution in [0.15, 0.2) is 24.3 Å². The van der Waals surface area contributed by atoms with E-state index < -0.39 is 11.7 Å². The Kier molecular flexibility index (Phi) is 5.85. The standard InChI is InChI=1S/C14H16F3N5O2/c1-24-7-3-6-18-12(23)9-22-20-13(19-21-22)10-4-2-5-11(8-10)14(15,16)17/h2,4-5,8H,3,6-7,9H2,1H3,(H,18,23). The summed E-state index contributed by atoms with van der Waals surface area (Å²) >= 11 is 0. The number of alkyl halides is 3. The Bertz CT molecular complexity index is 687. The van der Waals surface area contributed by atoms with Crippen molar-refractivity contribution in [2.75, 3.05) is 20.3 Å². The Balaban J connectivity index is 1.99. The fourth-order valence-corrected chi connectivity index (χ4v) is 1.89. The Morgan fingerprint density at radius 1 is 1.38 bits per heavy atom. The number of ether oxygens (including phenoxy) is 1. The number of aromatic nitrogens is 4. The second-order valence-electron chi connectivity index (χ2n) is 4.92. The van der Waals surface area contributed by atoms with E-state index in [0.717, 1.165) is 16.9 Å². The summed E-state index contributed by atoms with van der Waals surface area (Å²) in [7, 11) is 1.57. The van der Waals surface area contributed by atoms with Gasteiger partial charge in [-0.1, -0.05) is 12.1 Å². The molecule has 7 nitrogen and oxygen atoms in total. The molecule has 0 atom stereocenters. The molecule has 0 bridgehead atoms. The summed E-state index contributed by atoms with van der Waals surface area (Å²) in [6.07, 6.45) is -3.78. The van der Waals surface area contributed by atoms with Crippen LogP contribution >= 0.6 is 0 Å². The first-order valence-electron chi connectivity index (χ1n) is 7.11. The molecule has 1 aromatic heterocycles. The van der Waals surface area contributed by atoms with Gasteiger partial charge in [-0.25, -0.2) is 0 Å². The summed E-state index contributed by atoms with van der Waals surface area (Å²) in [5, 5.41) is 13.9. The number of methoxy groups -OCH3 is 1. The van der Waals surface area contributed by atoms with Gasteiger partial charge in [-0.3, -0.25) is 4.79 Å². The van der Waals surface area contributed by atoms with Crippen molar-refractivity contribution in [3.8, 4) is 11.4 Å². The van der Waals surface area contributed by atoms with Crippen LogP contribution in [0.2, 0.25) is 0 Å². The quantitative estimate of drug-likeness (QED) is 0.771. The summed E-state index contributed by atoms with van der Waals surface area (Å²) < 4.78 is 43.0. The van der Waals surface area contributed by atoms with Gasteiger partial charge in [0.05, 0.1) is 5.56 Å². The predicted octanol–water partition coefficient (Wildman–Crippen LogP) is 1.51. The number of rotatable bonds is 7. The van der Waals surface area contributed by atoms with Crippen molar-refractivity contribution in [3.05, 3.63) is 29.8 Å². The van der Waals surface area contributed by atoms with Gasteiger partial charge in [0.15, 0.2) is 0 Å². The monoisotopic (exact) mass is 343 g/mol. The third kappa shape index (κ3) is 5.01. The summed E-state index contributed by atoms with van der Waals surface area (Å²) in [5.41, 5.74) is -0.621. The largest absolute Gasteiger partial charge is 0.416 e. The topological polar surface area (TPSA) is 81.9 Å². The highest BCUT2D eigenvalue weighted by Crippen LogP contribution is 2.31. The molecule has 0 aliphatic heterocycles. The molecule has 0 aliphatic rings. The van der Waals surface area contributed by atoms with E-state index in [1.807, 2.05) is 0 Å². The number of hydrogen-bond donors (Lipinski definition) is 1. The third-order valence-electron chi connectivity index (χ3n) is 3.03. The molecular formula is C14H16F3N5O2. The molecule has 2 rings (SSSR count). The highest BCUT2D eigenvalue weighted by molar-refractivity contribution is 5.75.